The van der Waals surface area contributed by atoms with E-state index >= 15 is 0 Å². The van der Waals surface area contributed by atoms with Crippen molar-refractivity contribution < 1.29 is 18.7 Å². The largest absolute Gasteiger partial charge is 0.481 e. The average Bonchev–Trinajstić information content (AvgIpc) is 3.76. The summed E-state index contributed by atoms with van der Waals surface area (Å²) in [6.07, 6.45) is 2.57. The van der Waals surface area contributed by atoms with Crippen LogP contribution in [0.1, 0.15) is 60.0 Å². The Morgan fingerprint density at radius 3 is 2.46 bits per heavy atom. The van der Waals surface area contributed by atoms with E-state index in [1.54, 1.807) is 12.1 Å². The lowest BCUT2D eigenvalue weighted by Crippen LogP contribution is -2.41. The van der Waals surface area contributed by atoms with E-state index in [1.165, 1.54) is 23.3 Å². The summed E-state index contributed by atoms with van der Waals surface area (Å²) >= 11 is 0. The van der Waals surface area contributed by atoms with Gasteiger partial charge in [-0.15, -0.1) is 0 Å². The Morgan fingerprint density at radius 2 is 1.78 bits per heavy atom. The summed E-state index contributed by atoms with van der Waals surface area (Å²) in [6.45, 7) is 4.97. The maximum atomic E-state index is 13.2. The van der Waals surface area contributed by atoms with Crippen LogP contribution in [0.2, 0.25) is 0 Å². The summed E-state index contributed by atoms with van der Waals surface area (Å²) in [5.41, 5.74) is 5.34. The molecule has 0 bridgehead atoms. The molecule has 1 N–H and O–H groups in total. The van der Waals surface area contributed by atoms with Gasteiger partial charge < -0.3 is 15.0 Å². The Labute approximate surface area is 217 Å². The van der Waals surface area contributed by atoms with Gasteiger partial charge in [-0.25, -0.2) is 4.39 Å². The van der Waals surface area contributed by atoms with Crippen molar-refractivity contribution in [1.82, 2.24) is 10.2 Å². The van der Waals surface area contributed by atoms with Crippen LogP contribution in [-0.4, -0.2) is 29.4 Å². The molecule has 0 saturated heterocycles. The molecule has 6 heteroatoms. The monoisotopic (exact) mass is 500 g/mol. The lowest BCUT2D eigenvalue weighted by molar-refractivity contribution is -0.134. The molecule has 1 aliphatic heterocycles. The highest BCUT2D eigenvalue weighted by atomic mass is 19.1. The summed E-state index contributed by atoms with van der Waals surface area (Å²) in [5, 5.41) is 2.89. The van der Waals surface area contributed by atoms with Crippen LogP contribution >= 0.6 is 0 Å². The molecule has 0 aromatic heterocycles. The van der Waals surface area contributed by atoms with Gasteiger partial charge in [-0.2, -0.15) is 0 Å². The van der Waals surface area contributed by atoms with Crippen LogP contribution in [0, 0.1) is 18.7 Å². The first kappa shape index (κ1) is 25.0. The van der Waals surface area contributed by atoms with Gasteiger partial charge >= 0.3 is 0 Å². The number of hydrogen-bond acceptors (Lipinski definition) is 3. The first-order valence-corrected chi connectivity index (χ1v) is 13.1. The fourth-order valence-electron chi connectivity index (χ4n) is 4.97. The van der Waals surface area contributed by atoms with Crippen molar-refractivity contribution in [2.24, 2.45) is 5.92 Å². The van der Waals surface area contributed by atoms with Crippen molar-refractivity contribution in [3.8, 4) is 5.75 Å². The topological polar surface area (TPSA) is 58.6 Å². The average molecular weight is 501 g/mol. The molecule has 5 nitrogen and oxygen atoms in total. The molecule has 3 aromatic rings. The molecule has 5 rings (SSSR count). The van der Waals surface area contributed by atoms with Crippen LogP contribution in [0.25, 0.3) is 0 Å². The molecule has 0 radical (unpaired) electrons. The van der Waals surface area contributed by atoms with Crippen molar-refractivity contribution in [3.63, 3.8) is 0 Å². The van der Waals surface area contributed by atoms with Crippen LogP contribution in [-0.2, 0) is 22.6 Å². The van der Waals surface area contributed by atoms with Gasteiger partial charge in [0.05, 0.1) is 6.04 Å². The van der Waals surface area contributed by atoms with E-state index in [9.17, 15) is 14.0 Å². The molecule has 0 spiro atoms. The quantitative estimate of drug-likeness (QED) is 0.445. The predicted molar refractivity (Wildman–Crippen MR) is 141 cm³/mol. The molecular formula is C31H33FN2O3. The second-order valence-corrected chi connectivity index (χ2v) is 10.1. The van der Waals surface area contributed by atoms with Crippen LogP contribution in [0.15, 0.2) is 66.7 Å². The van der Waals surface area contributed by atoms with Gasteiger partial charge in [-0.1, -0.05) is 55.0 Å². The smallest absolute Gasteiger partial charge is 0.261 e. The van der Waals surface area contributed by atoms with Crippen molar-refractivity contribution in [2.45, 2.75) is 58.2 Å². The highest BCUT2D eigenvalue weighted by Gasteiger charge is 2.39. The molecule has 2 aliphatic rings. The fourth-order valence-corrected chi connectivity index (χ4v) is 4.97. The van der Waals surface area contributed by atoms with E-state index in [0.717, 1.165) is 36.0 Å². The summed E-state index contributed by atoms with van der Waals surface area (Å²) in [7, 11) is 0. The van der Waals surface area contributed by atoms with E-state index in [0.29, 0.717) is 25.3 Å². The van der Waals surface area contributed by atoms with Crippen LogP contribution in [0.3, 0.4) is 0 Å². The zero-order valence-electron chi connectivity index (χ0n) is 21.4. The number of nitrogens with zero attached hydrogens (tertiary/aromatic N) is 1. The Balaban J connectivity index is 1.37. The SMILES string of the molecule is CC[C@H](Oc1ccc2c(c1)[C@H](c1ccc(C)cc1)N(C(=O)C1CC1)CC2)C(=O)NCc1ccc(F)cc1. The number of hydrogen-bond donors (Lipinski definition) is 1. The first-order chi connectivity index (χ1) is 17.9. The van der Waals surface area contributed by atoms with Crippen LogP contribution < -0.4 is 10.1 Å². The number of halogens is 1. The maximum absolute atomic E-state index is 13.2. The van der Waals surface area contributed by atoms with Gasteiger partial charge in [-0.05, 0) is 79.1 Å². The summed E-state index contributed by atoms with van der Waals surface area (Å²) in [6, 6.07) is 20.3. The van der Waals surface area contributed by atoms with Gasteiger partial charge in [0.15, 0.2) is 6.10 Å². The van der Waals surface area contributed by atoms with Gasteiger partial charge in [0.25, 0.3) is 5.91 Å². The van der Waals surface area contributed by atoms with Crippen molar-refractivity contribution in [2.75, 3.05) is 6.54 Å². The van der Waals surface area contributed by atoms with E-state index in [-0.39, 0.29) is 29.6 Å². The number of carbonyl (C=O) groups excluding carboxylic acids is 2. The van der Waals surface area contributed by atoms with Crippen molar-refractivity contribution in [3.05, 3.63) is 100 Å². The van der Waals surface area contributed by atoms with E-state index in [1.807, 2.05) is 24.0 Å². The minimum absolute atomic E-state index is 0.142. The third-order valence-corrected chi connectivity index (χ3v) is 7.27. The first-order valence-electron chi connectivity index (χ1n) is 13.1. The molecule has 0 unspecified atom stereocenters. The maximum Gasteiger partial charge on any atom is 0.261 e. The lowest BCUT2D eigenvalue weighted by atomic mass is 9.87. The fraction of sp³-hybridized carbons (Fsp3) is 0.355. The van der Waals surface area contributed by atoms with Crippen molar-refractivity contribution >= 4 is 11.8 Å². The highest BCUT2D eigenvalue weighted by Crippen LogP contribution is 2.41. The number of amides is 2. The Hall–Kier alpha value is -3.67. The molecule has 2 atom stereocenters. The van der Waals surface area contributed by atoms with E-state index in [2.05, 4.69) is 42.6 Å². The van der Waals surface area contributed by atoms with Gasteiger partial charge in [-0.3, -0.25) is 9.59 Å². The number of fused-ring (bicyclic) bond motifs is 1. The molecule has 1 fully saturated rings. The Morgan fingerprint density at radius 1 is 1.05 bits per heavy atom. The van der Waals surface area contributed by atoms with Gasteiger partial charge in [0, 0.05) is 19.0 Å². The summed E-state index contributed by atoms with van der Waals surface area (Å²) < 4.78 is 19.3. The van der Waals surface area contributed by atoms with Crippen molar-refractivity contribution in [1.29, 1.82) is 0 Å². The second kappa shape index (κ2) is 10.8. The zero-order chi connectivity index (χ0) is 25.9. The third-order valence-electron chi connectivity index (χ3n) is 7.27. The summed E-state index contributed by atoms with van der Waals surface area (Å²) in [5.74, 6) is 0.460. The number of carbonyl (C=O) groups is 2. The molecular weight excluding hydrogens is 467 g/mol. The minimum Gasteiger partial charge on any atom is -0.481 e. The zero-order valence-corrected chi connectivity index (χ0v) is 21.4. The summed E-state index contributed by atoms with van der Waals surface area (Å²) in [4.78, 5) is 28.2. The number of rotatable bonds is 8. The van der Waals surface area contributed by atoms with Gasteiger partial charge in [0.2, 0.25) is 5.91 Å². The lowest BCUT2D eigenvalue weighted by Gasteiger charge is -2.38. The Kier molecular flexibility index (Phi) is 7.26. The predicted octanol–water partition coefficient (Wildman–Crippen LogP) is 5.49. The normalized spacial score (nSPS) is 17.6. The molecule has 37 heavy (non-hydrogen) atoms. The second-order valence-electron chi connectivity index (χ2n) is 10.1. The molecule has 1 heterocycles. The van der Waals surface area contributed by atoms with Gasteiger partial charge in [0.1, 0.15) is 11.6 Å². The molecule has 2 amide bonds. The number of benzene rings is 3. The molecule has 1 saturated carbocycles. The number of aryl methyl sites for hydroxylation is 1. The van der Waals surface area contributed by atoms with E-state index in [4.69, 9.17) is 4.74 Å². The minimum atomic E-state index is -0.663. The highest BCUT2D eigenvalue weighted by molar-refractivity contribution is 5.82. The number of nitrogens with one attached hydrogen (secondary N) is 1. The molecule has 192 valence electrons. The Bertz CT molecular complexity index is 1270. The number of ether oxygens (including phenoxy) is 1. The van der Waals surface area contributed by atoms with E-state index < -0.39 is 6.10 Å². The molecule has 3 aromatic carbocycles. The van der Waals surface area contributed by atoms with Crippen LogP contribution in [0.4, 0.5) is 4.39 Å². The third kappa shape index (κ3) is 5.68. The molecule has 1 aliphatic carbocycles. The standard InChI is InChI=1S/C31H33FN2O3/c1-3-28(30(35)33-19-21-6-13-25(32)14-7-21)37-26-15-12-22-16-17-34(31(36)24-10-11-24)29(27(22)18-26)23-8-4-20(2)5-9-23/h4-9,12-15,18,24,28-29H,3,10-11,16-17,19H2,1-2H3,(H,33,35)/t28-,29-/m0/s1. The van der Waals surface area contributed by atoms with Crippen LogP contribution in [0.5, 0.6) is 5.75 Å².